The third-order valence-electron chi connectivity index (χ3n) is 11.2. The number of hydrogen-bond donors (Lipinski definition) is 6. The fourth-order valence-electron chi connectivity index (χ4n) is 8.29. The lowest BCUT2D eigenvalue weighted by molar-refractivity contribution is -0.136. The van der Waals surface area contributed by atoms with Gasteiger partial charge in [0.2, 0.25) is 5.91 Å². The van der Waals surface area contributed by atoms with E-state index >= 15 is 8.78 Å². The predicted octanol–water partition coefficient (Wildman–Crippen LogP) is 5.79. The predicted molar refractivity (Wildman–Crippen MR) is 211 cm³/mol. The third-order valence-corrected chi connectivity index (χ3v) is 11.2. The van der Waals surface area contributed by atoms with E-state index in [-0.39, 0.29) is 35.5 Å². The number of hydrogen-bond acceptors (Lipinski definition) is 8. The van der Waals surface area contributed by atoms with Gasteiger partial charge in [0.1, 0.15) is 35.7 Å². The molecular formula is C42H48F2N8O6. The Morgan fingerprint density at radius 3 is 2.29 bits per heavy atom. The number of benzene rings is 2. The number of likely N-dealkylation sites (tertiary alicyclic amines) is 2. The van der Waals surface area contributed by atoms with E-state index in [0.717, 1.165) is 12.8 Å². The number of nitrogens with zero attached hydrogens (tertiary/aromatic N) is 3. The van der Waals surface area contributed by atoms with Crippen molar-refractivity contribution >= 4 is 29.7 Å². The normalized spacial score (nSPS) is 21.2. The number of rotatable bonds is 11. The molecule has 4 aliphatic rings. The van der Waals surface area contributed by atoms with Gasteiger partial charge < -0.3 is 45.9 Å². The molecule has 0 bridgehead atoms. The molecule has 1 aromatic heterocycles. The molecule has 58 heavy (non-hydrogen) atoms. The first kappa shape index (κ1) is 40.0. The van der Waals surface area contributed by atoms with Gasteiger partial charge >= 0.3 is 12.2 Å². The van der Waals surface area contributed by atoms with Gasteiger partial charge in [-0.05, 0) is 85.4 Å². The van der Waals surface area contributed by atoms with Crippen LogP contribution in [0.25, 0.3) is 28.1 Å². The average Bonchev–Trinajstić information content (AvgIpc) is 4.05. The van der Waals surface area contributed by atoms with Crippen molar-refractivity contribution in [3.8, 4) is 22.4 Å². The van der Waals surface area contributed by atoms with Gasteiger partial charge in [0.15, 0.2) is 0 Å². The molecule has 0 radical (unpaired) electrons. The number of carboxylic acid groups (broad SMARTS) is 1. The van der Waals surface area contributed by atoms with E-state index in [0.29, 0.717) is 78.3 Å². The Bertz CT molecular complexity index is 2170. The van der Waals surface area contributed by atoms with Crippen LogP contribution in [0.15, 0.2) is 72.6 Å². The summed E-state index contributed by atoms with van der Waals surface area (Å²) in [6.07, 6.45) is 10.7. The van der Waals surface area contributed by atoms with Crippen molar-refractivity contribution < 1.29 is 37.8 Å². The van der Waals surface area contributed by atoms with Gasteiger partial charge in [0.05, 0.1) is 36.8 Å². The number of amides is 4. The summed E-state index contributed by atoms with van der Waals surface area (Å²) >= 11 is 0. The molecule has 3 aromatic rings. The smallest absolute Gasteiger partial charge is 0.407 e. The summed E-state index contributed by atoms with van der Waals surface area (Å²) in [4.78, 5) is 61.9. The maximum atomic E-state index is 15.8. The second-order valence-electron chi connectivity index (χ2n) is 15.3. The molecule has 4 amide bonds. The number of allylic oxidation sites excluding steroid dienone is 2. The highest BCUT2D eigenvalue weighted by Gasteiger charge is 2.41. The monoisotopic (exact) mass is 798 g/mol. The molecule has 1 unspecified atom stereocenters. The van der Waals surface area contributed by atoms with Crippen molar-refractivity contribution in [3.05, 3.63) is 95.6 Å². The Labute approximate surface area is 334 Å². The molecule has 306 valence electrons. The number of alkyl carbamates (subject to hydrolysis) is 1. The molecule has 0 saturated carbocycles. The summed E-state index contributed by atoms with van der Waals surface area (Å²) in [5, 5.41) is 21.1. The summed E-state index contributed by atoms with van der Waals surface area (Å²) in [6.45, 7) is 4.65. The van der Waals surface area contributed by atoms with Gasteiger partial charge in [0.25, 0.3) is 5.91 Å². The van der Waals surface area contributed by atoms with Crippen molar-refractivity contribution in [1.82, 2.24) is 41.0 Å². The third kappa shape index (κ3) is 8.27. The van der Waals surface area contributed by atoms with Crippen LogP contribution in [0.3, 0.4) is 0 Å². The molecule has 2 aromatic carbocycles. The summed E-state index contributed by atoms with van der Waals surface area (Å²) < 4.78 is 36.2. The van der Waals surface area contributed by atoms with Gasteiger partial charge in [-0.25, -0.2) is 23.4 Å². The molecule has 2 saturated heterocycles. The standard InChI is InChI=1S/C42H48F2N8O6/c1-23(2)35(50-42(57)58-3)39(53)51-17-7-11-33(51)37-45-21-31(47-37)27-15-13-25(19-29(27)43)26-14-16-28(30(44)20-26)32-22-46-38(48-32)34-12-8-18-52(34)40(54)36(49-41(55)56)24-9-5-4-6-10-24/h5,9-10,13-16,19-23,33-37,45,47,49H,4,6-8,11-12,17-18H2,1-3H3,(H,46,48)(H,50,57)(H,55,56)/t33-,34-,35-,36+,37?/m0/s1. The Kier molecular flexibility index (Phi) is 11.8. The van der Waals surface area contributed by atoms with Crippen LogP contribution in [0.1, 0.15) is 69.8 Å². The lowest BCUT2D eigenvalue weighted by Gasteiger charge is -2.34. The van der Waals surface area contributed by atoms with Crippen molar-refractivity contribution in [1.29, 1.82) is 0 Å². The minimum absolute atomic E-state index is 0.166. The molecule has 16 heteroatoms. The summed E-state index contributed by atoms with van der Waals surface area (Å²) in [6, 6.07) is 6.82. The van der Waals surface area contributed by atoms with Crippen molar-refractivity contribution in [3.63, 3.8) is 0 Å². The molecular weight excluding hydrogens is 751 g/mol. The van der Waals surface area contributed by atoms with Crippen molar-refractivity contribution in [2.75, 3.05) is 20.2 Å². The first-order valence-electron chi connectivity index (χ1n) is 19.6. The van der Waals surface area contributed by atoms with Gasteiger partial charge in [-0.15, -0.1) is 0 Å². The maximum Gasteiger partial charge on any atom is 0.407 e. The molecule has 2 fully saturated rings. The van der Waals surface area contributed by atoms with E-state index in [1.807, 2.05) is 26.0 Å². The topological polar surface area (TPSA) is 181 Å². The van der Waals surface area contributed by atoms with E-state index in [2.05, 4.69) is 31.2 Å². The van der Waals surface area contributed by atoms with Crippen LogP contribution >= 0.6 is 0 Å². The highest BCUT2D eigenvalue weighted by molar-refractivity contribution is 5.90. The lowest BCUT2D eigenvalue weighted by atomic mass is 9.98. The zero-order chi connectivity index (χ0) is 41.1. The zero-order valence-electron chi connectivity index (χ0n) is 32.6. The van der Waals surface area contributed by atoms with Crippen LogP contribution in [0.4, 0.5) is 18.4 Å². The number of methoxy groups -OCH3 is 1. The van der Waals surface area contributed by atoms with Crippen LogP contribution in [0, 0.1) is 17.6 Å². The van der Waals surface area contributed by atoms with Crippen LogP contribution in [-0.2, 0) is 14.3 Å². The van der Waals surface area contributed by atoms with Gasteiger partial charge in [-0.1, -0.05) is 44.2 Å². The molecule has 7 rings (SSSR count). The number of aromatic amines is 1. The minimum atomic E-state index is -1.29. The number of imidazole rings is 1. The van der Waals surface area contributed by atoms with Crippen molar-refractivity contribution in [2.24, 2.45) is 5.92 Å². The zero-order valence-corrected chi connectivity index (χ0v) is 32.6. The number of H-pyrrole nitrogens is 1. The SMILES string of the molecule is COC(=O)N[C@H](C(=O)N1CCC[C@H]1C1NC=C(c2ccc(-c3ccc(-c4cnc([C@@H]5CCCN5C(=O)[C@H](NC(=O)O)C5=CCCC=C5)[nH]4)c(F)c3)cc2F)N1)C(C)C. The largest absolute Gasteiger partial charge is 0.465 e. The summed E-state index contributed by atoms with van der Waals surface area (Å²) in [5.41, 5.74) is 3.01. The van der Waals surface area contributed by atoms with E-state index in [1.54, 1.807) is 46.3 Å². The second kappa shape index (κ2) is 17.1. The van der Waals surface area contributed by atoms with Crippen LogP contribution < -0.4 is 21.3 Å². The van der Waals surface area contributed by atoms with Gasteiger partial charge in [-0.3, -0.25) is 9.59 Å². The number of carbonyl (C=O) groups is 4. The fourth-order valence-corrected chi connectivity index (χ4v) is 8.29. The average molecular weight is 799 g/mol. The molecule has 0 spiro atoms. The van der Waals surface area contributed by atoms with Crippen molar-refractivity contribution in [2.45, 2.75) is 82.7 Å². The second-order valence-corrected chi connectivity index (χ2v) is 15.3. The quantitative estimate of drug-likeness (QED) is 0.140. The first-order chi connectivity index (χ1) is 27.9. The van der Waals surface area contributed by atoms with Crippen LogP contribution in [0.2, 0.25) is 0 Å². The molecule has 1 aliphatic carbocycles. The Morgan fingerprint density at radius 2 is 1.64 bits per heavy atom. The highest BCUT2D eigenvalue weighted by Crippen LogP contribution is 2.35. The molecule has 3 aliphatic heterocycles. The van der Waals surface area contributed by atoms with Crippen LogP contribution in [-0.4, -0.2) is 93.4 Å². The molecule has 6 N–H and O–H groups in total. The van der Waals surface area contributed by atoms with E-state index in [4.69, 9.17) is 4.74 Å². The number of ether oxygens (including phenoxy) is 1. The van der Waals surface area contributed by atoms with E-state index in [9.17, 15) is 24.3 Å². The highest BCUT2D eigenvalue weighted by atomic mass is 19.1. The molecule has 4 heterocycles. The minimum Gasteiger partial charge on any atom is -0.465 e. The number of halogens is 2. The van der Waals surface area contributed by atoms with E-state index in [1.165, 1.54) is 25.4 Å². The summed E-state index contributed by atoms with van der Waals surface area (Å²) in [5.74, 6) is -1.35. The lowest BCUT2D eigenvalue weighted by Crippen LogP contribution is -2.57. The number of aromatic nitrogens is 2. The number of carbonyl (C=O) groups excluding carboxylic acids is 3. The Balaban J connectivity index is 1.02. The Hall–Kier alpha value is -6.19. The summed E-state index contributed by atoms with van der Waals surface area (Å²) in [7, 11) is 1.25. The van der Waals surface area contributed by atoms with Gasteiger partial charge in [0, 0.05) is 30.4 Å². The maximum absolute atomic E-state index is 15.8. The van der Waals surface area contributed by atoms with Crippen LogP contribution in [0.5, 0.6) is 0 Å². The number of nitrogens with one attached hydrogen (secondary N) is 5. The first-order valence-corrected chi connectivity index (χ1v) is 19.6. The Morgan fingerprint density at radius 1 is 0.931 bits per heavy atom. The molecule has 14 nitrogen and oxygen atoms in total. The van der Waals surface area contributed by atoms with Gasteiger partial charge in [-0.2, -0.15) is 0 Å². The fraction of sp³-hybridized carbons (Fsp3) is 0.405. The molecule has 5 atom stereocenters. The van der Waals surface area contributed by atoms with E-state index < -0.39 is 41.9 Å².